The molecule has 0 aliphatic carbocycles. The molecule has 0 saturated heterocycles. The molecule has 2 rings (SSSR count). The molecule has 3 nitrogen and oxygen atoms in total. The van der Waals surface area contributed by atoms with Crippen LogP contribution in [-0.2, 0) is 13.2 Å². The van der Waals surface area contributed by atoms with E-state index in [0.29, 0.717) is 24.7 Å². The number of benzene rings is 2. The van der Waals surface area contributed by atoms with Crippen LogP contribution in [0.2, 0.25) is 5.02 Å². The molecule has 2 N–H and O–H groups in total. The third kappa shape index (κ3) is 6.80. The number of aliphatic hydroxyl groups is 1. The molecule has 0 amide bonds. The molecule has 2 aromatic carbocycles. The van der Waals surface area contributed by atoms with Crippen LogP contribution in [0.3, 0.4) is 0 Å². The Labute approximate surface area is 149 Å². The molecule has 126 valence electrons. The molecule has 0 aliphatic rings. The fraction of sp³-hybridized carbons (Fsp3) is 0.333. The Morgan fingerprint density at radius 3 is 2.52 bits per heavy atom. The molecule has 0 fully saturated rings. The molecule has 23 heavy (non-hydrogen) atoms. The third-order valence-corrected chi connectivity index (χ3v) is 3.53. The van der Waals surface area contributed by atoms with Crippen molar-refractivity contribution in [1.82, 2.24) is 5.32 Å². The van der Waals surface area contributed by atoms with E-state index in [2.05, 4.69) is 36.5 Å². The van der Waals surface area contributed by atoms with E-state index < -0.39 is 0 Å². The van der Waals surface area contributed by atoms with Crippen LogP contribution >= 0.6 is 24.0 Å². The van der Waals surface area contributed by atoms with E-state index >= 15 is 0 Å². The van der Waals surface area contributed by atoms with Crippen molar-refractivity contribution in [1.29, 1.82) is 0 Å². The summed E-state index contributed by atoms with van der Waals surface area (Å²) >= 11 is 6.06. The molecule has 1 atom stereocenters. The fourth-order valence-electron chi connectivity index (χ4n) is 2.09. The average molecular weight is 356 g/mol. The van der Waals surface area contributed by atoms with Gasteiger partial charge in [0.05, 0.1) is 6.10 Å². The minimum atomic E-state index is -0.379. The first-order valence-electron chi connectivity index (χ1n) is 7.40. The summed E-state index contributed by atoms with van der Waals surface area (Å²) < 4.78 is 5.91. The highest BCUT2D eigenvalue weighted by atomic mass is 35.5. The minimum Gasteiger partial charge on any atom is -0.489 e. The Kier molecular flexibility index (Phi) is 8.42. The maximum absolute atomic E-state index is 9.31. The van der Waals surface area contributed by atoms with Crippen LogP contribution in [0, 0.1) is 6.92 Å². The van der Waals surface area contributed by atoms with Gasteiger partial charge in [0.25, 0.3) is 0 Å². The van der Waals surface area contributed by atoms with E-state index in [-0.39, 0.29) is 18.5 Å². The predicted octanol–water partition coefficient (Wildman–Crippen LogP) is 4.12. The van der Waals surface area contributed by atoms with E-state index in [1.54, 1.807) is 6.92 Å². The first-order chi connectivity index (χ1) is 10.5. The summed E-state index contributed by atoms with van der Waals surface area (Å²) in [7, 11) is 0. The predicted molar refractivity (Wildman–Crippen MR) is 97.6 cm³/mol. The Morgan fingerprint density at radius 1 is 1.17 bits per heavy atom. The van der Waals surface area contributed by atoms with E-state index in [0.717, 1.165) is 16.9 Å². The smallest absolute Gasteiger partial charge is 0.124 e. The Balaban J connectivity index is 0.00000264. The molecule has 0 saturated carbocycles. The van der Waals surface area contributed by atoms with Gasteiger partial charge in [0.1, 0.15) is 12.4 Å². The summed E-state index contributed by atoms with van der Waals surface area (Å²) in [4.78, 5) is 0. The highest BCUT2D eigenvalue weighted by molar-refractivity contribution is 6.30. The Morgan fingerprint density at radius 2 is 1.87 bits per heavy atom. The SMILES string of the molecule is Cc1ccc(COc2ccc(Cl)cc2CNCC(C)O)cc1.Cl. The molecule has 1 unspecified atom stereocenters. The zero-order chi connectivity index (χ0) is 15.9. The largest absolute Gasteiger partial charge is 0.489 e. The lowest BCUT2D eigenvalue weighted by Crippen LogP contribution is -2.24. The lowest BCUT2D eigenvalue weighted by atomic mass is 10.1. The molecule has 0 spiro atoms. The van der Waals surface area contributed by atoms with Crippen molar-refractivity contribution >= 4 is 24.0 Å². The van der Waals surface area contributed by atoms with Gasteiger partial charge in [-0.2, -0.15) is 0 Å². The molecule has 0 radical (unpaired) electrons. The summed E-state index contributed by atoms with van der Waals surface area (Å²) in [5.74, 6) is 0.808. The molecular formula is C18H23Cl2NO2. The van der Waals surface area contributed by atoms with Crippen LogP contribution in [0.4, 0.5) is 0 Å². The van der Waals surface area contributed by atoms with Gasteiger partial charge in [-0.3, -0.25) is 0 Å². The molecule has 0 bridgehead atoms. The number of aryl methyl sites for hydroxylation is 1. The number of aliphatic hydroxyl groups excluding tert-OH is 1. The lowest BCUT2D eigenvalue weighted by Gasteiger charge is -2.13. The highest BCUT2D eigenvalue weighted by Crippen LogP contribution is 2.24. The highest BCUT2D eigenvalue weighted by Gasteiger charge is 2.06. The summed E-state index contributed by atoms with van der Waals surface area (Å²) in [6.07, 6.45) is -0.379. The zero-order valence-corrected chi connectivity index (χ0v) is 15.0. The molecule has 0 heterocycles. The van der Waals surface area contributed by atoms with Gasteiger partial charge in [-0.25, -0.2) is 0 Å². The van der Waals surface area contributed by atoms with Crippen LogP contribution in [0.1, 0.15) is 23.6 Å². The van der Waals surface area contributed by atoms with Crippen molar-refractivity contribution < 1.29 is 9.84 Å². The second kappa shape index (κ2) is 9.78. The van der Waals surface area contributed by atoms with Crippen molar-refractivity contribution in [3.63, 3.8) is 0 Å². The molecule has 5 heteroatoms. The molecule has 0 aliphatic heterocycles. The standard InChI is InChI=1S/C18H22ClNO2.ClH/c1-13-3-5-15(6-4-13)12-22-18-8-7-17(19)9-16(18)11-20-10-14(2)21;/h3-9,14,20-21H,10-12H2,1-2H3;1H. The van der Waals surface area contributed by atoms with Gasteiger partial charge in [0.2, 0.25) is 0 Å². The van der Waals surface area contributed by atoms with E-state index in [9.17, 15) is 5.11 Å². The first-order valence-corrected chi connectivity index (χ1v) is 7.78. The van der Waals surface area contributed by atoms with Gasteiger partial charge < -0.3 is 15.2 Å². The van der Waals surface area contributed by atoms with Gasteiger partial charge >= 0.3 is 0 Å². The molecule has 0 aromatic heterocycles. The van der Waals surface area contributed by atoms with Crippen molar-refractivity contribution in [2.24, 2.45) is 0 Å². The van der Waals surface area contributed by atoms with Crippen molar-refractivity contribution in [3.8, 4) is 5.75 Å². The van der Waals surface area contributed by atoms with E-state index in [1.807, 2.05) is 18.2 Å². The van der Waals surface area contributed by atoms with Crippen LogP contribution in [-0.4, -0.2) is 17.8 Å². The second-order valence-corrected chi connectivity index (χ2v) is 5.94. The fourth-order valence-corrected chi connectivity index (χ4v) is 2.28. The van der Waals surface area contributed by atoms with Gasteiger partial charge in [-0.05, 0) is 37.6 Å². The molecular weight excluding hydrogens is 333 g/mol. The normalized spacial score (nSPS) is 11.7. The van der Waals surface area contributed by atoms with Crippen molar-refractivity contribution in [2.45, 2.75) is 33.1 Å². The van der Waals surface area contributed by atoms with Gasteiger partial charge in [-0.1, -0.05) is 41.4 Å². The number of nitrogens with one attached hydrogen (secondary N) is 1. The van der Waals surface area contributed by atoms with Crippen molar-refractivity contribution in [2.75, 3.05) is 6.54 Å². The van der Waals surface area contributed by atoms with E-state index in [1.165, 1.54) is 5.56 Å². The first kappa shape index (κ1) is 19.8. The summed E-state index contributed by atoms with van der Waals surface area (Å²) in [6.45, 7) is 5.47. The minimum absolute atomic E-state index is 0. The number of hydrogen-bond donors (Lipinski definition) is 2. The lowest BCUT2D eigenvalue weighted by molar-refractivity contribution is 0.190. The Hall–Kier alpha value is -1.26. The van der Waals surface area contributed by atoms with Crippen LogP contribution in [0.5, 0.6) is 5.75 Å². The van der Waals surface area contributed by atoms with Crippen molar-refractivity contribution in [3.05, 3.63) is 64.2 Å². The Bertz CT molecular complexity index is 600. The van der Waals surface area contributed by atoms with Gasteiger partial charge in [0, 0.05) is 23.7 Å². The summed E-state index contributed by atoms with van der Waals surface area (Å²) in [6, 6.07) is 13.9. The van der Waals surface area contributed by atoms with Crippen LogP contribution < -0.4 is 10.1 Å². The van der Waals surface area contributed by atoms with E-state index in [4.69, 9.17) is 16.3 Å². The number of halogens is 2. The number of ether oxygens (including phenoxy) is 1. The summed E-state index contributed by atoms with van der Waals surface area (Å²) in [5.41, 5.74) is 3.35. The van der Waals surface area contributed by atoms with Crippen LogP contribution in [0.25, 0.3) is 0 Å². The zero-order valence-electron chi connectivity index (χ0n) is 13.4. The second-order valence-electron chi connectivity index (χ2n) is 5.51. The summed E-state index contributed by atoms with van der Waals surface area (Å²) in [5, 5.41) is 13.2. The topological polar surface area (TPSA) is 41.5 Å². The number of rotatable bonds is 7. The quantitative estimate of drug-likeness (QED) is 0.784. The average Bonchev–Trinajstić information content (AvgIpc) is 2.48. The third-order valence-electron chi connectivity index (χ3n) is 3.29. The monoisotopic (exact) mass is 355 g/mol. The van der Waals surface area contributed by atoms with Gasteiger partial charge in [-0.15, -0.1) is 12.4 Å². The maximum Gasteiger partial charge on any atom is 0.124 e. The van der Waals surface area contributed by atoms with Crippen LogP contribution in [0.15, 0.2) is 42.5 Å². The van der Waals surface area contributed by atoms with Gasteiger partial charge in [0.15, 0.2) is 0 Å². The maximum atomic E-state index is 9.31. The number of hydrogen-bond acceptors (Lipinski definition) is 3. The molecule has 2 aromatic rings.